The molecule has 2 aromatic rings. The van der Waals surface area contributed by atoms with E-state index in [-0.39, 0.29) is 0 Å². The molecule has 0 spiro atoms. The molecule has 1 heterocycles. The summed E-state index contributed by atoms with van der Waals surface area (Å²) in [6.07, 6.45) is 6.24. The molecule has 3 heteroatoms. The van der Waals surface area contributed by atoms with Crippen LogP contribution in [0.4, 0.5) is 0 Å². The normalized spacial score (nSPS) is 14.9. The SMILES string of the molecule is Cc1nccn1CCNC1Cc2ccccc2C1. The fourth-order valence-electron chi connectivity index (χ4n) is 2.73. The fraction of sp³-hybridized carbons (Fsp3) is 0.400. The van der Waals surface area contributed by atoms with Crippen LogP contribution in [0.1, 0.15) is 17.0 Å². The van der Waals surface area contributed by atoms with Crippen molar-refractivity contribution in [2.75, 3.05) is 6.54 Å². The first-order valence-electron chi connectivity index (χ1n) is 6.61. The van der Waals surface area contributed by atoms with Crippen molar-refractivity contribution in [3.63, 3.8) is 0 Å². The van der Waals surface area contributed by atoms with E-state index in [4.69, 9.17) is 0 Å². The summed E-state index contributed by atoms with van der Waals surface area (Å²) < 4.78 is 2.19. The molecule has 0 saturated carbocycles. The molecule has 1 aliphatic rings. The van der Waals surface area contributed by atoms with Crippen molar-refractivity contribution < 1.29 is 0 Å². The predicted molar refractivity (Wildman–Crippen MR) is 72.6 cm³/mol. The molecule has 0 radical (unpaired) electrons. The highest BCUT2D eigenvalue weighted by atomic mass is 15.1. The average Bonchev–Trinajstić information content (AvgIpc) is 2.96. The van der Waals surface area contributed by atoms with Gasteiger partial charge in [-0.25, -0.2) is 4.98 Å². The van der Waals surface area contributed by atoms with Gasteiger partial charge in [-0.3, -0.25) is 0 Å². The number of imidazole rings is 1. The molecule has 3 rings (SSSR count). The molecule has 1 aromatic heterocycles. The van der Waals surface area contributed by atoms with Crippen molar-refractivity contribution in [3.8, 4) is 0 Å². The summed E-state index contributed by atoms with van der Waals surface area (Å²) in [6, 6.07) is 9.37. The van der Waals surface area contributed by atoms with Gasteiger partial charge >= 0.3 is 0 Å². The zero-order chi connectivity index (χ0) is 12.4. The van der Waals surface area contributed by atoms with E-state index in [1.165, 1.54) is 24.0 Å². The Kier molecular flexibility index (Phi) is 3.15. The molecule has 18 heavy (non-hydrogen) atoms. The second-order valence-corrected chi connectivity index (χ2v) is 5.00. The molecule has 0 amide bonds. The lowest BCUT2D eigenvalue weighted by Crippen LogP contribution is -2.32. The molecular formula is C15H19N3. The Labute approximate surface area is 108 Å². The standard InChI is InChI=1S/C15H19N3/c1-12-16-6-8-18(12)9-7-17-15-10-13-4-2-3-5-14(13)11-15/h2-6,8,15,17H,7,9-11H2,1H3. The Balaban J connectivity index is 1.50. The van der Waals surface area contributed by atoms with Gasteiger partial charge in [-0.15, -0.1) is 0 Å². The number of aryl methyl sites for hydroxylation is 1. The third-order valence-electron chi connectivity index (χ3n) is 3.76. The number of aromatic nitrogens is 2. The predicted octanol–water partition coefficient (Wildman–Crippen LogP) is 1.95. The molecule has 1 aromatic carbocycles. The third kappa shape index (κ3) is 2.31. The van der Waals surface area contributed by atoms with Crippen LogP contribution in [0.5, 0.6) is 0 Å². The van der Waals surface area contributed by atoms with E-state index in [0.717, 1.165) is 18.9 Å². The van der Waals surface area contributed by atoms with Crippen molar-refractivity contribution in [3.05, 3.63) is 53.6 Å². The van der Waals surface area contributed by atoms with Crippen LogP contribution in [0.15, 0.2) is 36.7 Å². The molecule has 1 N–H and O–H groups in total. The molecular weight excluding hydrogens is 222 g/mol. The fourth-order valence-corrected chi connectivity index (χ4v) is 2.73. The average molecular weight is 241 g/mol. The Morgan fingerprint density at radius 3 is 2.61 bits per heavy atom. The monoisotopic (exact) mass is 241 g/mol. The van der Waals surface area contributed by atoms with Crippen molar-refractivity contribution in [1.82, 2.24) is 14.9 Å². The van der Waals surface area contributed by atoms with Crippen molar-refractivity contribution >= 4 is 0 Å². The van der Waals surface area contributed by atoms with Crippen LogP contribution in [-0.2, 0) is 19.4 Å². The molecule has 1 aliphatic carbocycles. The number of nitrogens with zero attached hydrogens (tertiary/aromatic N) is 2. The zero-order valence-electron chi connectivity index (χ0n) is 10.8. The second kappa shape index (κ2) is 4.94. The Hall–Kier alpha value is -1.61. The Morgan fingerprint density at radius 2 is 2.00 bits per heavy atom. The van der Waals surface area contributed by atoms with Gasteiger partial charge in [0.25, 0.3) is 0 Å². The third-order valence-corrected chi connectivity index (χ3v) is 3.76. The number of hydrogen-bond donors (Lipinski definition) is 1. The van der Waals surface area contributed by atoms with Crippen LogP contribution in [0.25, 0.3) is 0 Å². The summed E-state index contributed by atoms with van der Waals surface area (Å²) in [5.74, 6) is 1.09. The molecule has 0 fully saturated rings. The highest BCUT2D eigenvalue weighted by molar-refractivity contribution is 5.33. The van der Waals surface area contributed by atoms with Crippen molar-refractivity contribution in [2.45, 2.75) is 32.4 Å². The lowest BCUT2D eigenvalue weighted by molar-refractivity contribution is 0.499. The van der Waals surface area contributed by atoms with Gasteiger partial charge in [0.2, 0.25) is 0 Å². The highest BCUT2D eigenvalue weighted by Crippen LogP contribution is 2.21. The van der Waals surface area contributed by atoms with Gasteiger partial charge in [-0.2, -0.15) is 0 Å². The zero-order valence-corrected chi connectivity index (χ0v) is 10.8. The summed E-state index contributed by atoms with van der Waals surface area (Å²) in [5.41, 5.74) is 3.02. The molecule has 0 bridgehead atoms. The molecule has 94 valence electrons. The molecule has 3 nitrogen and oxygen atoms in total. The van der Waals surface area contributed by atoms with Gasteiger partial charge in [-0.1, -0.05) is 24.3 Å². The van der Waals surface area contributed by atoms with Gasteiger partial charge in [0.1, 0.15) is 5.82 Å². The summed E-state index contributed by atoms with van der Waals surface area (Å²) in [4.78, 5) is 4.23. The second-order valence-electron chi connectivity index (χ2n) is 5.00. The minimum atomic E-state index is 0.603. The van der Waals surface area contributed by atoms with Crippen LogP contribution in [-0.4, -0.2) is 22.1 Å². The Bertz CT molecular complexity index is 505. The van der Waals surface area contributed by atoms with E-state index in [9.17, 15) is 0 Å². The van der Waals surface area contributed by atoms with E-state index in [0.29, 0.717) is 6.04 Å². The van der Waals surface area contributed by atoms with E-state index in [2.05, 4.69) is 39.1 Å². The van der Waals surface area contributed by atoms with E-state index in [1.54, 1.807) is 0 Å². The van der Waals surface area contributed by atoms with Gasteiger partial charge < -0.3 is 9.88 Å². The van der Waals surface area contributed by atoms with Crippen molar-refractivity contribution in [2.24, 2.45) is 0 Å². The molecule has 0 saturated heterocycles. The topological polar surface area (TPSA) is 29.9 Å². The first kappa shape index (κ1) is 11.5. The van der Waals surface area contributed by atoms with Gasteiger partial charge in [0.15, 0.2) is 0 Å². The first-order chi connectivity index (χ1) is 8.83. The minimum absolute atomic E-state index is 0.603. The molecule has 0 atom stereocenters. The number of fused-ring (bicyclic) bond motifs is 1. The Morgan fingerprint density at radius 1 is 1.28 bits per heavy atom. The van der Waals surface area contributed by atoms with E-state index >= 15 is 0 Å². The van der Waals surface area contributed by atoms with E-state index < -0.39 is 0 Å². The maximum Gasteiger partial charge on any atom is 0.105 e. The number of hydrogen-bond acceptors (Lipinski definition) is 2. The van der Waals surface area contributed by atoms with Crippen LogP contribution in [0.2, 0.25) is 0 Å². The van der Waals surface area contributed by atoms with Crippen LogP contribution in [0.3, 0.4) is 0 Å². The molecule has 0 unspecified atom stereocenters. The smallest absolute Gasteiger partial charge is 0.105 e. The van der Waals surface area contributed by atoms with Gasteiger partial charge in [0.05, 0.1) is 0 Å². The maximum atomic E-state index is 4.23. The first-order valence-corrected chi connectivity index (χ1v) is 6.61. The summed E-state index contributed by atoms with van der Waals surface area (Å²) >= 11 is 0. The summed E-state index contributed by atoms with van der Waals surface area (Å²) in [5, 5.41) is 3.65. The van der Waals surface area contributed by atoms with Gasteiger partial charge in [-0.05, 0) is 30.9 Å². The highest BCUT2D eigenvalue weighted by Gasteiger charge is 2.19. The van der Waals surface area contributed by atoms with Crippen LogP contribution >= 0.6 is 0 Å². The van der Waals surface area contributed by atoms with E-state index in [1.807, 2.05) is 19.3 Å². The van der Waals surface area contributed by atoms with Gasteiger partial charge in [0, 0.05) is 31.5 Å². The summed E-state index contributed by atoms with van der Waals surface area (Å²) in [7, 11) is 0. The lowest BCUT2D eigenvalue weighted by Gasteiger charge is -2.12. The number of nitrogens with one attached hydrogen (secondary N) is 1. The minimum Gasteiger partial charge on any atom is -0.334 e. The summed E-state index contributed by atoms with van der Waals surface area (Å²) in [6.45, 7) is 4.06. The maximum absolute atomic E-state index is 4.23. The number of benzene rings is 1. The van der Waals surface area contributed by atoms with Crippen LogP contribution < -0.4 is 5.32 Å². The quantitative estimate of drug-likeness (QED) is 0.886. The molecule has 0 aliphatic heterocycles. The van der Waals surface area contributed by atoms with Crippen molar-refractivity contribution in [1.29, 1.82) is 0 Å². The largest absolute Gasteiger partial charge is 0.334 e. The van der Waals surface area contributed by atoms with Crippen LogP contribution in [0, 0.1) is 6.92 Å². The number of rotatable bonds is 4. The lowest BCUT2D eigenvalue weighted by atomic mass is 10.1.